The molecule has 2 aromatic heterocycles. The number of nitrogens with zero attached hydrogens (tertiary/aromatic N) is 3. The van der Waals surface area contributed by atoms with Crippen molar-refractivity contribution in [2.45, 2.75) is 13.0 Å². The summed E-state index contributed by atoms with van der Waals surface area (Å²) in [6.45, 7) is 2.19. The molecule has 4 aromatic rings. The van der Waals surface area contributed by atoms with Gasteiger partial charge in [-0.15, -0.1) is 0 Å². The smallest absolute Gasteiger partial charge is 0.270 e. The minimum Gasteiger partial charge on any atom is -0.457 e. The lowest BCUT2D eigenvalue weighted by atomic mass is 10.3. The standard InChI is InChI=1S/C23H23BrN6O2/c1-14(25)13-27-22(31)20-12-18(9-10-26-20)32-17-7-8-21-19(11-17)29-23(30(21)2)28-16-5-3-15(24)4-6-16/h3-12,14H,13,25H2,1-2H3,(H,27,31)(H,28,29)/t14-/m1/s1. The van der Waals surface area contributed by atoms with Crippen molar-refractivity contribution in [1.82, 2.24) is 19.9 Å². The number of carbonyl (C=O) groups is 1. The van der Waals surface area contributed by atoms with Gasteiger partial charge in [0.05, 0.1) is 11.0 Å². The first-order valence-electron chi connectivity index (χ1n) is 10.1. The average Bonchev–Trinajstić information content (AvgIpc) is 3.08. The molecule has 0 bridgehead atoms. The number of anilines is 2. The molecule has 2 aromatic carbocycles. The van der Waals surface area contributed by atoms with Crippen LogP contribution in [0.15, 0.2) is 65.3 Å². The van der Waals surface area contributed by atoms with Crippen molar-refractivity contribution < 1.29 is 9.53 Å². The van der Waals surface area contributed by atoms with Gasteiger partial charge in [-0.25, -0.2) is 4.98 Å². The quantitative estimate of drug-likeness (QED) is 0.352. The summed E-state index contributed by atoms with van der Waals surface area (Å²) < 4.78 is 8.96. The number of halogens is 1. The normalized spacial score (nSPS) is 11.9. The predicted molar refractivity (Wildman–Crippen MR) is 128 cm³/mol. The van der Waals surface area contributed by atoms with E-state index in [1.165, 1.54) is 6.20 Å². The Morgan fingerprint density at radius 2 is 1.91 bits per heavy atom. The monoisotopic (exact) mass is 494 g/mol. The summed E-state index contributed by atoms with van der Waals surface area (Å²) in [5, 5.41) is 6.07. The summed E-state index contributed by atoms with van der Waals surface area (Å²) in [5.41, 5.74) is 8.64. The van der Waals surface area contributed by atoms with Crippen LogP contribution < -0.4 is 21.1 Å². The van der Waals surface area contributed by atoms with Crippen molar-refractivity contribution in [2.75, 3.05) is 11.9 Å². The van der Waals surface area contributed by atoms with Crippen LogP contribution in [0.4, 0.5) is 11.6 Å². The zero-order valence-electron chi connectivity index (χ0n) is 17.7. The van der Waals surface area contributed by atoms with E-state index in [4.69, 9.17) is 15.5 Å². The van der Waals surface area contributed by atoms with Gasteiger partial charge in [0.2, 0.25) is 5.95 Å². The minimum atomic E-state index is -0.295. The van der Waals surface area contributed by atoms with Gasteiger partial charge >= 0.3 is 0 Å². The number of benzene rings is 2. The fourth-order valence-corrected chi connectivity index (χ4v) is 3.36. The van der Waals surface area contributed by atoms with Crippen LogP contribution in [-0.4, -0.2) is 33.0 Å². The Hall–Kier alpha value is -3.43. The first kappa shape index (κ1) is 21.8. The minimum absolute atomic E-state index is 0.133. The molecule has 4 N–H and O–H groups in total. The number of hydrogen-bond donors (Lipinski definition) is 3. The van der Waals surface area contributed by atoms with Gasteiger partial charge in [0.15, 0.2) is 0 Å². The highest BCUT2D eigenvalue weighted by molar-refractivity contribution is 9.10. The highest BCUT2D eigenvalue weighted by Crippen LogP contribution is 2.28. The second-order valence-corrected chi connectivity index (χ2v) is 8.36. The van der Waals surface area contributed by atoms with E-state index in [2.05, 4.69) is 31.5 Å². The lowest BCUT2D eigenvalue weighted by molar-refractivity contribution is 0.0946. The number of carbonyl (C=O) groups excluding carboxylic acids is 1. The van der Waals surface area contributed by atoms with E-state index in [-0.39, 0.29) is 17.6 Å². The first-order chi connectivity index (χ1) is 15.4. The maximum atomic E-state index is 12.2. The lowest BCUT2D eigenvalue weighted by Crippen LogP contribution is -2.35. The second kappa shape index (κ2) is 9.37. The molecule has 0 aliphatic carbocycles. The van der Waals surface area contributed by atoms with Gasteiger partial charge in [0.25, 0.3) is 5.91 Å². The maximum Gasteiger partial charge on any atom is 0.270 e. The van der Waals surface area contributed by atoms with Gasteiger partial charge in [0.1, 0.15) is 17.2 Å². The van der Waals surface area contributed by atoms with Crippen molar-refractivity contribution in [3.05, 3.63) is 71.0 Å². The van der Waals surface area contributed by atoms with Crippen LogP contribution in [-0.2, 0) is 7.05 Å². The van der Waals surface area contributed by atoms with Crippen LogP contribution in [0.2, 0.25) is 0 Å². The van der Waals surface area contributed by atoms with Crippen LogP contribution in [0, 0.1) is 0 Å². The Morgan fingerprint density at radius 1 is 1.16 bits per heavy atom. The summed E-state index contributed by atoms with van der Waals surface area (Å²) in [6.07, 6.45) is 1.54. The van der Waals surface area contributed by atoms with E-state index >= 15 is 0 Å². The molecule has 0 unspecified atom stereocenters. The van der Waals surface area contributed by atoms with Gasteiger partial charge in [-0.3, -0.25) is 9.78 Å². The molecule has 2 heterocycles. The molecular formula is C23H23BrN6O2. The van der Waals surface area contributed by atoms with Crippen LogP contribution in [0.1, 0.15) is 17.4 Å². The van der Waals surface area contributed by atoms with Crippen LogP contribution in [0.5, 0.6) is 11.5 Å². The van der Waals surface area contributed by atoms with E-state index in [0.29, 0.717) is 18.0 Å². The maximum absolute atomic E-state index is 12.2. The number of rotatable bonds is 7. The number of imidazole rings is 1. The van der Waals surface area contributed by atoms with Gasteiger partial charge in [0, 0.05) is 48.1 Å². The Bertz CT molecular complexity index is 1250. The molecule has 0 saturated heterocycles. The summed E-state index contributed by atoms with van der Waals surface area (Å²) in [7, 11) is 1.95. The topological polar surface area (TPSA) is 107 Å². The van der Waals surface area contributed by atoms with Crippen molar-refractivity contribution in [3.8, 4) is 11.5 Å². The van der Waals surface area contributed by atoms with Crippen molar-refractivity contribution in [2.24, 2.45) is 12.8 Å². The Labute approximate surface area is 193 Å². The molecule has 0 fully saturated rings. The molecule has 32 heavy (non-hydrogen) atoms. The van der Waals surface area contributed by atoms with Crippen molar-refractivity contribution >= 4 is 44.5 Å². The summed E-state index contributed by atoms with van der Waals surface area (Å²) in [6, 6.07) is 16.7. The fourth-order valence-electron chi connectivity index (χ4n) is 3.10. The van der Waals surface area contributed by atoms with Crippen molar-refractivity contribution in [3.63, 3.8) is 0 Å². The number of ether oxygens (including phenoxy) is 1. The number of nitrogens with two attached hydrogens (primary N) is 1. The van der Waals surface area contributed by atoms with Crippen molar-refractivity contribution in [1.29, 1.82) is 0 Å². The summed E-state index contributed by atoms with van der Waals surface area (Å²) >= 11 is 3.44. The number of hydrogen-bond acceptors (Lipinski definition) is 6. The van der Waals surface area contributed by atoms with Gasteiger partial charge in [-0.05, 0) is 49.4 Å². The Kier molecular flexibility index (Phi) is 6.38. The summed E-state index contributed by atoms with van der Waals surface area (Å²) in [5.74, 6) is 1.54. The predicted octanol–water partition coefficient (Wildman–Crippen LogP) is 4.34. The van der Waals surface area contributed by atoms with Crippen LogP contribution in [0.3, 0.4) is 0 Å². The second-order valence-electron chi connectivity index (χ2n) is 7.44. The highest BCUT2D eigenvalue weighted by atomic mass is 79.9. The zero-order valence-corrected chi connectivity index (χ0v) is 19.3. The molecule has 164 valence electrons. The third kappa shape index (κ3) is 5.06. The molecule has 1 atom stereocenters. The molecule has 0 saturated carbocycles. The third-order valence-corrected chi connectivity index (χ3v) is 5.27. The molecular weight excluding hydrogens is 472 g/mol. The fraction of sp³-hybridized carbons (Fsp3) is 0.174. The molecule has 1 amide bonds. The number of nitrogens with one attached hydrogen (secondary N) is 2. The third-order valence-electron chi connectivity index (χ3n) is 4.74. The van der Waals surface area contributed by atoms with E-state index in [1.54, 1.807) is 12.1 Å². The molecule has 9 heteroatoms. The molecule has 0 aliphatic rings. The number of amides is 1. The van der Waals surface area contributed by atoms with Gasteiger partial charge in [-0.1, -0.05) is 15.9 Å². The first-order valence-corrected chi connectivity index (χ1v) is 10.8. The molecule has 8 nitrogen and oxygen atoms in total. The van der Waals surface area contributed by atoms with E-state index in [1.807, 2.05) is 61.0 Å². The molecule has 4 rings (SSSR count). The summed E-state index contributed by atoms with van der Waals surface area (Å²) in [4.78, 5) is 21.0. The lowest BCUT2D eigenvalue weighted by Gasteiger charge is -2.09. The van der Waals surface area contributed by atoms with E-state index < -0.39 is 0 Å². The highest BCUT2D eigenvalue weighted by Gasteiger charge is 2.12. The number of pyridine rings is 1. The molecule has 0 spiro atoms. The van der Waals surface area contributed by atoms with Gasteiger partial charge in [-0.2, -0.15) is 0 Å². The van der Waals surface area contributed by atoms with Crippen LogP contribution in [0.25, 0.3) is 11.0 Å². The number of fused-ring (bicyclic) bond motifs is 1. The zero-order chi connectivity index (χ0) is 22.7. The largest absolute Gasteiger partial charge is 0.457 e. The molecule has 0 aliphatic heterocycles. The Morgan fingerprint density at radius 3 is 2.66 bits per heavy atom. The molecule has 0 radical (unpaired) electrons. The Balaban J connectivity index is 1.52. The van der Waals surface area contributed by atoms with E-state index in [9.17, 15) is 4.79 Å². The van der Waals surface area contributed by atoms with Crippen LogP contribution >= 0.6 is 15.9 Å². The van der Waals surface area contributed by atoms with E-state index in [0.717, 1.165) is 27.1 Å². The average molecular weight is 495 g/mol. The van der Waals surface area contributed by atoms with Gasteiger partial charge < -0.3 is 25.7 Å². The number of aromatic nitrogens is 3. The SMILES string of the molecule is C[C@@H](N)CNC(=O)c1cc(Oc2ccc3c(c2)nc(Nc2ccc(Br)cc2)n3C)ccn1. The number of aryl methyl sites for hydroxylation is 1.